The summed E-state index contributed by atoms with van der Waals surface area (Å²) in [6.07, 6.45) is 5.99. The van der Waals surface area contributed by atoms with E-state index in [9.17, 15) is 14.0 Å². The number of aryl methyl sites for hydroxylation is 1. The van der Waals surface area contributed by atoms with Crippen LogP contribution in [0.2, 0.25) is 0 Å². The Hall–Kier alpha value is -3.36. The lowest BCUT2D eigenvalue weighted by Crippen LogP contribution is -2.36. The smallest absolute Gasteiger partial charge is 0.272 e. The Kier molecular flexibility index (Phi) is 5.32. The lowest BCUT2D eigenvalue weighted by atomic mass is 9.84. The molecule has 1 saturated carbocycles. The summed E-state index contributed by atoms with van der Waals surface area (Å²) in [4.78, 5) is 36.5. The lowest BCUT2D eigenvalue weighted by molar-refractivity contribution is 0.0730. The molecule has 1 aliphatic carbocycles. The number of hydrogen-bond donors (Lipinski definition) is 1. The Morgan fingerprint density at radius 1 is 1.12 bits per heavy atom. The first kappa shape index (κ1) is 20.5. The summed E-state index contributed by atoms with van der Waals surface area (Å²) in [5, 5.41) is 6.94. The van der Waals surface area contributed by atoms with Gasteiger partial charge >= 0.3 is 0 Å². The molecule has 0 atom stereocenters. The molecule has 2 amide bonds. The van der Waals surface area contributed by atoms with E-state index >= 15 is 0 Å². The van der Waals surface area contributed by atoms with Gasteiger partial charge < -0.3 is 10.2 Å². The van der Waals surface area contributed by atoms with Crippen LogP contribution in [-0.2, 0) is 6.54 Å². The van der Waals surface area contributed by atoms with Gasteiger partial charge in [-0.25, -0.2) is 9.37 Å². The van der Waals surface area contributed by atoms with Crippen LogP contribution in [0, 0.1) is 24.6 Å². The Morgan fingerprint density at radius 3 is 2.53 bits per heavy atom. The first-order chi connectivity index (χ1) is 15.5. The number of nitrogens with one attached hydrogen (secondary N) is 1. The second-order valence-corrected chi connectivity index (χ2v) is 8.86. The number of rotatable bonds is 4. The first-order valence-electron chi connectivity index (χ1n) is 11.0. The number of fused-ring (bicyclic) bond motifs is 5. The van der Waals surface area contributed by atoms with E-state index in [2.05, 4.69) is 20.4 Å². The van der Waals surface area contributed by atoms with Crippen LogP contribution in [0.25, 0.3) is 5.78 Å². The maximum absolute atomic E-state index is 13.5. The van der Waals surface area contributed by atoms with E-state index in [1.165, 1.54) is 48.7 Å². The molecule has 3 aromatic rings. The van der Waals surface area contributed by atoms with Crippen molar-refractivity contribution in [2.75, 3.05) is 13.1 Å². The van der Waals surface area contributed by atoms with Gasteiger partial charge in [-0.2, -0.15) is 14.6 Å². The zero-order valence-corrected chi connectivity index (χ0v) is 17.9. The van der Waals surface area contributed by atoms with Gasteiger partial charge in [-0.05, 0) is 61.6 Å². The van der Waals surface area contributed by atoms with Gasteiger partial charge in [0, 0.05) is 25.7 Å². The molecular weight excluding hydrogens is 411 g/mol. The highest BCUT2D eigenvalue weighted by Gasteiger charge is 2.33. The predicted molar refractivity (Wildman–Crippen MR) is 114 cm³/mol. The highest BCUT2D eigenvalue weighted by molar-refractivity contribution is 5.98. The summed E-state index contributed by atoms with van der Waals surface area (Å²) in [6, 6.07) is 6.18. The molecule has 9 heteroatoms. The second kappa shape index (κ2) is 8.29. The molecular formula is C23H25FN6O2. The number of carbonyl (C=O) groups excluding carboxylic acids is 2. The highest BCUT2D eigenvalue weighted by Crippen LogP contribution is 2.34. The topological polar surface area (TPSA) is 92.5 Å². The molecule has 2 saturated heterocycles. The number of hydrogen-bond acceptors (Lipinski definition) is 5. The van der Waals surface area contributed by atoms with Gasteiger partial charge in [0.15, 0.2) is 0 Å². The minimum Gasteiger partial charge on any atom is -0.347 e. The van der Waals surface area contributed by atoms with Crippen molar-refractivity contribution in [1.82, 2.24) is 29.8 Å². The summed E-state index contributed by atoms with van der Waals surface area (Å²) in [5.74, 6) is 0.410. The molecule has 4 heterocycles. The molecule has 0 unspecified atom stereocenters. The number of carbonyl (C=O) groups is 2. The zero-order valence-electron chi connectivity index (χ0n) is 17.9. The molecule has 6 rings (SSSR count). The first-order valence-corrected chi connectivity index (χ1v) is 11.0. The van der Waals surface area contributed by atoms with Crippen LogP contribution in [0.15, 0.2) is 30.6 Å². The third-order valence-electron chi connectivity index (χ3n) is 6.59. The molecule has 8 nitrogen and oxygen atoms in total. The molecule has 2 bridgehead atoms. The molecule has 3 aliphatic rings. The quantitative estimate of drug-likeness (QED) is 0.679. The Bertz CT molecular complexity index is 1170. The van der Waals surface area contributed by atoms with E-state index in [-0.39, 0.29) is 35.4 Å². The van der Waals surface area contributed by atoms with Crippen LogP contribution in [0.1, 0.15) is 57.8 Å². The van der Waals surface area contributed by atoms with Crippen molar-refractivity contribution < 1.29 is 14.0 Å². The molecule has 3 fully saturated rings. The van der Waals surface area contributed by atoms with Crippen molar-refractivity contribution in [3.05, 3.63) is 58.9 Å². The molecule has 1 aromatic carbocycles. The van der Waals surface area contributed by atoms with Gasteiger partial charge in [-0.3, -0.25) is 9.59 Å². The van der Waals surface area contributed by atoms with E-state index in [1.807, 2.05) is 4.90 Å². The van der Waals surface area contributed by atoms with Crippen molar-refractivity contribution in [2.24, 2.45) is 11.8 Å². The monoisotopic (exact) mass is 436 g/mol. The Balaban J connectivity index is 1.39. The number of benzene rings is 1. The molecule has 0 radical (unpaired) electrons. The third-order valence-corrected chi connectivity index (χ3v) is 6.59. The fourth-order valence-electron chi connectivity index (χ4n) is 4.79. The van der Waals surface area contributed by atoms with Crippen molar-refractivity contribution >= 4 is 17.6 Å². The van der Waals surface area contributed by atoms with Crippen LogP contribution >= 0.6 is 0 Å². The number of halogens is 1. The molecule has 1 N–H and O–H groups in total. The zero-order chi connectivity index (χ0) is 22.2. The van der Waals surface area contributed by atoms with Gasteiger partial charge in [-0.1, -0.05) is 12.1 Å². The molecule has 0 spiro atoms. The largest absolute Gasteiger partial charge is 0.347 e. The van der Waals surface area contributed by atoms with E-state index in [0.29, 0.717) is 17.4 Å². The second-order valence-electron chi connectivity index (χ2n) is 8.86. The number of amides is 2. The predicted octanol–water partition coefficient (Wildman–Crippen LogP) is 2.76. The van der Waals surface area contributed by atoms with E-state index in [0.717, 1.165) is 18.7 Å². The number of aromatic nitrogens is 4. The van der Waals surface area contributed by atoms with Gasteiger partial charge in [0.1, 0.15) is 23.5 Å². The third kappa shape index (κ3) is 3.94. The van der Waals surface area contributed by atoms with Crippen molar-refractivity contribution in [2.45, 2.75) is 39.2 Å². The minimum absolute atomic E-state index is 0.102. The SMILES string of the molecule is Cc1cc(CNC(=O)c2cc(C(=O)N3CC4CCC(CC4)C3)n3ncnc3n2)ccc1F. The Labute approximate surface area is 184 Å². The van der Waals surface area contributed by atoms with Gasteiger partial charge in [0.25, 0.3) is 17.6 Å². The maximum Gasteiger partial charge on any atom is 0.272 e. The summed E-state index contributed by atoms with van der Waals surface area (Å²) in [6.45, 7) is 3.37. The average molecular weight is 436 g/mol. The van der Waals surface area contributed by atoms with Crippen LogP contribution in [0.5, 0.6) is 0 Å². The van der Waals surface area contributed by atoms with Crippen LogP contribution in [0.4, 0.5) is 4.39 Å². The van der Waals surface area contributed by atoms with E-state index < -0.39 is 5.91 Å². The number of nitrogens with zero attached hydrogens (tertiary/aromatic N) is 5. The van der Waals surface area contributed by atoms with Crippen molar-refractivity contribution in [3.8, 4) is 0 Å². The standard InChI is InChI=1S/C23H25FN6O2/c1-14-8-17(6-7-18(14)24)10-25-21(31)19-9-20(30-23(28-19)26-13-27-30)22(32)29-11-15-2-3-16(12-29)5-4-15/h6-9,13,15-16H,2-5,10-12H2,1H3,(H,25,31). The maximum atomic E-state index is 13.5. The molecule has 32 heavy (non-hydrogen) atoms. The Morgan fingerprint density at radius 2 is 1.84 bits per heavy atom. The summed E-state index contributed by atoms with van der Waals surface area (Å²) < 4.78 is 14.9. The lowest BCUT2D eigenvalue weighted by Gasteiger charge is -2.23. The molecule has 2 aliphatic heterocycles. The van der Waals surface area contributed by atoms with Crippen LogP contribution < -0.4 is 5.32 Å². The van der Waals surface area contributed by atoms with Crippen molar-refractivity contribution in [3.63, 3.8) is 0 Å². The van der Waals surface area contributed by atoms with E-state index in [1.54, 1.807) is 19.1 Å². The summed E-state index contributed by atoms with van der Waals surface area (Å²) in [7, 11) is 0. The van der Waals surface area contributed by atoms with Crippen LogP contribution in [-0.4, -0.2) is 49.4 Å². The molecule has 2 aromatic heterocycles. The van der Waals surface area contributed by atoms with Gasteiger partial charge in [0.2, 0.25) is 0 Å². The molecule has 166 valence electrons. The van der Waals surface area contributed by atoms with Crippen molar-refractivity contribution in [1.29, 1.82) is 0 Å². The normalized spacial score (nSPS) is 20.4. The van der Waals surface area contributed by atoms with Gasteiger partial charge in [-0.15, -0.1) is 0 Å². The van der Waals surface area contributed by atoms with Gasteiger partial charge in [0.05, 0.1) is 0 Å². The summed E-state index contributed by atoms with van der Waals surface area (Å²) >= 11 is 0. The average Bonchev–Trinajstić information content (AvgIpc) is 3.07. The highest BCUT2D eigenvalue weighted by atomic mass is 19.1. The fraction of sp³-hybridized carbons (Fsp3) is 0.435. The minimum atomic E-state index is -0.428. The van der Waals surface area contributed by atoms with Crippen LogP contribution in [0.3, 0.4) is 0 Å². The summed E-state index contributed by atoms with van der Waals surface area (Å²) in [5.41, 5.74) is 1.68. The van der Waals surface area contributed by atoms with E-state index in [4.69, 9.17) is 0 Å². The fourth-order valence-corrected chi connectivity index (χ4v) is 4.79.